The molecule has 6 rings (SSSR count). The van der Waals surface area contributed by atoms with E-state index in [1.54, 1.807) is 25.3 Å². The molecule has 0 aliphatic carbocycles. The van der Waals surface area contributed by atoms with Crippen LogP contribution >= 0.6 is 0 Å². The van der Waals surface area contributed by atoms with Crippen LogP contribution in [0.3, 0.4) is 0 Å². The van der Waals surface area contributed by atoms with Gasteiger partial charge in [-0.15, -0.1) is 0 Å². The first-order valence-electron chi connectivity index (χ1n) is 12.4. The lowest BCUT2D eigenvalue weighted by Crippen LogP contribution is -2.25. The molecule has 4 heterocycles. The quantitative estimate of drug-likeness (QED) is 0.331. The van der Waals surface area contributed by atoms with Gasteiger partial charge < -0.3 is 30.2 Å². The van der Waals surface area contributed by atoms with Crippen LogP contribution in [0.1, 0.15) is 48.6 Å². The van der Waals surface area contributed by atoms with Crippen molar-refractivity contribution in [3.05, 3.63) is 64.8 Å². The van der Waals surface area contributed by atoms with Crippen molar-refractivity contribution in [1.82, 2.24) is 14.5 Å². The summed E-state index contributed by atoms with van der Waals surface area (Å²) in [5.74, 6) is 0.276. The third kappa shape index (κ3) is 3.47. The molecule has 1 fully saturated rings. The number of methoxy groups -OCH3 is 1. The van der Waals surface area contributed by atoms with Gasteiger partial charge in [0, 0.05) is 30.4 Å². The fraction of sp³-hybridized carbons (Fsp3) is 0.321. The molecule has 2 aliphatic heterocycles. The highest BCUT2D eigenvalue weighted by atomic mass is 16.5. The Morgan fingerprint density at radius 2 is 1.87 bits per heavy atom. The Morgan fingerprint density at radius 3 is 2.63 bits per heavy atom. The van der Waals surface area contributed by atoms with Crippen molar-refractivity contribution in [2.75, 3.05) is 19.5 Å². The zero-order valence-corrected chi connectivity index (χ0v) is 21.1. The molecule has 1 saturated heterocycles. The number of benzene rings is 2. The summed E-state index contributed by atoms with van der Waals surface area (Å²) >= 11 is 0. The summed E-state index contributed by atoms with van der Waals surface area (Å²) in [6, 6.07) is 14.8. The summed E-state index contributed by atoms with van der Waals surface area (Å²) < 4.78 is 19.0. The van der Waals surface area contributed by atoms with Crippen LogP contribution in [0.5, 0.6) is 17.6 Å². The number of anilines is 1. The van der Waals surface area contributed by atoms with Gasteiger partial charge in [-0.25, -0.2) is 4.98 Å². The molecule has 38 heavy (non-hydrogen) atoms. The van der Waals surface area contributed by atoms with E-state index >= 15 is 0 Å². The lowest BCUT2D eigenvalue weighted by Gasteiger charge is -2.26. The number of aromatic nitrogens is 3. The lowest BCUT2D eigenvalue weighted by molar-refractivity contribution is -0.0877. The Labute approximate surface area is 218 Å². The lowest BCUT2D eigenvalue weighted by atomic mass is 9.78. The van der Waals surface area contributed by atoms with E-state index in [-0.39, 0.29) is 30.9 Å². The molecule has 4 aromatic rings. The Bertz CT molecular complexity index is 1630. The predicted octanol–water partition coefficient (Wildman–Crippen LogP) is 4.14. The molecule has 2 bridgehead atoms. The highest BCUT2D eigenvalue weighted by molar-refractivity contribution is 5.95. The van der Waals surface area contributed by atoms with E-state index in [0.29, 0.717) is 53.2 Å². The van der Waals surface area contributed by atoms with Crippen LogP contribution < -0.4 is 10.5 Å². The molecule has 10 heteroatoms. The highest BCUT2D eigenvalue weighted by Crippen LogP contribution is 2.65. The maximum atomic E-state index is 11.6. The van der Waals surface area contributed by atoms with Crippen LogP contribution in [-0.4, -0.2) is 38.5 Å². The molecule has 2 aliphatic rings. The molecule has 0 spiro atoms. The topological polar surface area (TPSA) is 149 Å². The maximum absolute atomic E-state index is 11.6. The summed E-state index contributed by atoms with van der Waals surface area (Å²) in [6.07, 6.45) is 1.76. The number of nitrogens with zero attached hydrogens (tertiary/aromatic N) is 4. The number of nitrogens with two attached hydrogens (primary N) is 1. The number of nitrogen functional groups attached to an aromatic ring is 1. The van der Waals surface area contributed by atoms with Gasteiger partial charge in [-0.2, -0.15) is 10.2 Å². The number of ether oxygens (including phenoxy) is 3. The second-order valence-electron chi connectivity index (χ2n) is 9.94. The van der Waals surface area contributed by atoms with Crippen LogP contribution in [-0.2, 0) is 27.3 Å². The van der Waals surface area contributed by atoms with E-state index in [4.69, 9.17) is 19.9 Å². The zero-order valence-electron chi connectivity index (χ0n) is 21.1. The number of rotatable bonds is 7. The molecule has 4 N–H and O–H groups in total. The Kier molecular flexibility index (Phi) is 5.45. The van der Waals surface area contributed by atoms with E-state index in [9.17, 15) is 15.5 Å². The van der Waals surface area contributed by atoms with Gasteiger partial charge >= 0.3 is 0 Å². The minimum absolute atomic E-state index is 0.0647. The van der Waals surface area contributed by atoms with Crippen molar-refractivity contribution in [1.29, 1.82) is 5.26 Å². The predicted molar refractivity (Wildman–Crippen MR) is 138 cm³/mol. The van der Waals surface area contributed by atoms with Crippen molar-refractivity contribution in [3.8, 4) is 29.4 Å². The van der Waals surface area contributed by atoms with Crippen molar-refractivity contribution in [2.24, 2.45) is 0 Å². The van der Waals surface area contributed by atoms with Crippen molar-refractivity contribution >= 4 is 16.7 Å². The second kappa shape index (κ2) is 8.62. The summed E-state index contributed by atoms with van der Waals surface area (Å²) in [4.78, 5) is 8.27. The van der Waals surface area contributed by atoms with Crippen LogP contribution in [0.4, 0.5) is 5.95 Å². The van der Waals surface area contributed by atoms with Gasteiger partial charge in [0.25, 0.3) is 0 Å². The molecule has 2 atom stereocenters. The Balaban J connectivity index is 1.38. The van der Waals surface area contributed by atoms with E-state index < -0.39 is 11.2 Å². The fourth-order valence-corrected chi connectivity index (χ4v) is 6.02. The smallest absolute Gasteiger partial charge is 0.223 e. The second-order valence-corrected chi connectivity index (χ2v) is 9.94. The minimum atomic E-state index is -0.840. The summed E-state index contributed by atoms with van der Waals surface area (Å²) in [7, 11) is 1.57. The summed E-state index contributed by atoms with van der Waals surface area (Å²) in [5.41, 5.74) is 7.09. The Morgan fingerprint density at radius 1 is 1.11 bits per heavy atom. The van der Waals surface area contributed by atoms with E-state index in [2.05, 4.69) is 16.0 Å². The van der Waals surface area contributed by atoms with Crippen molar-refractivity contribution in [3.63, 3.8) is 0 Å². The molecule has 10 nitrogen and oxygen atoms in total. The summed E-state index contributed by atoms with van der Waals surface area (Å²) in [6.45, 7) is 2.45. The highest BCUT2D eigenvalue weighted by Gasteiger charge is 2.61. The van der Waals surface area contributed by atoms with Gasteiger partial charge in [0.2, 0.25) is 23.6 Å². The Hall–Kier alpha value is -4.33. The van der Waals surface area contributed by atoms with Crippen molar-refractivity contribution in [2.45, 2.75) is 44.0 Å². The minimum Gasteiger partial charge on any atom is -0.494 e. The van der Waals surface area contributed by atoms with Gasteiger partial charge in [-0.3, -0.25) is 4.57 Å². The van der Waals surface area contributed by atoms with Gasteiger partial charge in [0.1, 0.15) is 5.60 Å². The molecular weight excluding hydrogens is 486 g/mol. The number of nitriles is 1. The molecule has 2 aromatic heterocycles. The van der Waals surface area contributed by atoms with E-state index in [0.717, 1.165) is 10.8 Å². The first-order valence-corrected chi connectivity index (χ1v) is 12.4. The van der Waals surface area contributed by atoms with E-state index in [1.807, 2.05) is 31.2 Å². The normalized spacial score (nSPS) is 21.5. The van der Waals surface area contributed by atoms with Crippen LogP contribution in [0.15, 0.2) is 42.5 Å². The number of hydrogen-bond acceptors (Lipinski definition) is 9. The summed E-state index contributed by atoms with van der Waals surface area (Å²) in [5, 5.41) is 34.1. The third-order valence-corrected chi connectivity index (χ3v) is 7.62. The van der Waals surface area contributed by atoms with Gasteiger partial charge in [-0.1, -0.05) is 24.3 Å². The monoisotopic (exact) mass is 513 g/mol. The fourth-order valence-electron chi connectivity index (χ4n) is 6.02. The molecule has 0 radical (unpaired) electrons. The first-order chi connectivity index (χ1) is 18.3. The van der Waals surface area contributed by atoms with Crippen LogP contribution in [0, 0.1) is 11.3 Å². The SMILES string of the molecule is COCc1cc(OCC[C@@]23CC[C@@](C)(O2)c2c3c(O)n(-c3ccc(C#N)c4ccccc34)c2O)nc(N)n1. The number of hydrogen-bond donors (Lipinski definition) is 3. The molecule has 0 saturated carbocycles. The molecule has 194 valence electrons. The average molecular weight is 514 g/mol. The average Bonchev–Trinajstić information content (AvgIpc) is 3.47. The van der Waals surface area contributed by atoms with Gasteiger partial charge in [0.05, 0.1) is 53.0 Å². The van der Waals surface area contributed by atoms with Crippen molar-refractivity contribution < 1.29 is 24.4 Å². The number of fused-ring (bicyclic) bond motifs is 6. The number of aromatic hydroxyl groups is 2. The van der Waals surface area contributed by atoms with Gasteiger partial charge in [-0.05, 0) is 31.9 Å². The van der Waals surface area contributed by atoms with Crippen LogP contribution in [0.2, 0.25) is 0 Å². The molecule has 0 amide bonds. The molecule has 2 aromatic carbocycles. The largest absolute Gasteiger partial charge is 0.494 e. The standard InChI is InChI=1S/C28H27N5O5/c1-27-9-10-28(38-27,11-12-37-21-13-17(15-36-2)31-26(30)32-21)23-22(27)24(34)33(25(23)35)20-8-7-16(14-29)18-5-3-4-6-19(18)20/h3-8,13,34-35H,9-12,15H2,1-2H3,(H2,30,31,32)/t27-,28-/m1/s1. The third-order valence-electron chi connectivity index (χ3n) is 7.62. The van der Waals surface area contributed by atoms with Gasteiger partial charge in [0.15, 0.2) is 0 Å². The zero-order chi connectivity index (χ0) is 26.7. The first kappa shape index (κ1) is 24.0. The maximum Gasteiger partial charge on any atom is 0.223 e. The van der Waals surface area contributed by atoms with E-state index in [1.165, 1.54) is 4.57 Å². The molecule has 0 unspecified atom stereocenters. The van der Waals surface area contributed by atoms with Crippen LogP contribution in [0.25, 0.3) is 16.5 Å². The molecular formula is C28H27N5O5.